The smallest absolute Gasteiger partial charge is 0.243 e. The van der Waals surface area contributed by atoms with Gasteiger partial charge in [0.1, 0.15) is 0 Å². The molecule has 120 valence electrons. The Hall–Kier alpha value is -0.370. The first-order chi connectivity index (χ1) is 9.97. The van der Waals surface area contributed by atoms with Crippen LogP contribution in [-0.4, -0.2) is 53.2 Å². The van der Waals surface area contributed by atoms with Gasteiger partial charge >= 0.3 is 0 Å². The van der Waals surface area contributed by atoms with Gasteiger partial charge in [0.05, 0.1) is 18.1 Å². The number of benzene rings is 1. The van der Waals surface area contributed by atoms with E-state index in [1.165, 1.54) is 30.7 Å². The summed E-state index contributed by atoms with van der Waals surface area (Å²) in [6.45, 7) is 1.10. The molecule has 0 radical (unpaired) electrons. The van der Waals surface area contributed by atoms with Crippen LogP contribution in [0.15, 0.2) is 23.1 Å². The zero-order chi connectivity index (χ0) is 15.9. The van der Waals surface area contributed by atoms with Crippen LogP contribution in [0.5, 0.6) is 0 Å². The molecule has 5 nitrogen and oxygen atoms in total. The number of hydrogen-bond donors (Lipinski definition) is 0. The van der Waals surface area contributed by atoms with E-state index in [9.17, 15) is 8.42 Å². The zero-order valence-electron chi connectivity index (χ0n) is 12.0. The van der Waals surface area contributed by atoms with Gasteiger partial charge in [-0.1, -0.05) is 17.7 Å². The molecule has 0 fully saturated rings. The first-order valence-electron chi connectivity index (χ1n) is 6.29. The molecule has 0 aromatic heterocycles. The normalized spacial score (nSPS) is 12.0. The number of methoxy groups -OCH3 is 2. The van der Waals surface area contributed by atoms with Crippen molar-refractivity contribution < 1.29 is 17.9 Å². The highest BCUT2D eigenvalue weighted by atomic mass is 35.5. The van der Waals surface area contributed by atoms with Crippen molar-refractivity contribution in [1.82, 2.24) is 4.31 Å². The fraction of sp³-hybridized carbons (Fsp3) is 0.538. The van der Waals surface area contributed by atoms with Crippen molar-refractivity contribution in [3.8, 4) is 0 Å². The Bertz CT molecular complexity index is 543. The summed E-state index contributed by atoms with van der Waals surface area (Å²) in [7, 11) is -0.605. The first kappa shape index (κ1) is 18.7. The lowest BCUT2D eigenvalue weighted by molar-refractivity contribution is 0.150. The minimum absolute atomic E-state index is 0.133. The van der Waals surface area contributed by atoms with Crippen molar-refractivity contribution in [2.75, 3.05) is 40.5 Å². The van der Waals surface area contributed by atoms with Gasteiger partial charge in [0, 0.05) is 38.2 Å². The summed E-state index contributed by atoms with van der Waals surface area (Å²) in [5.74, 6) is 0.232. The molecule has 0 heterocycles. The maximum absolute atomic E-state index is 12.6. The quantitative estimate of drug-likeness (QED) is 0.638. The summed E-state index contributed by atoms with van der Waals surface area (Å²) in [6, 6.07) is 4.54. The molecule has 0 aliphatic heterocycles. The van der Waals surface area contributed by atoms with Crippen LogP contribution >= 0.6 is 23.2 Å². The molecule has 0 amide bonds. The number of ether oxygens (including phenoxy) is 2. The van der Waals surface area contributed by atoms with Gasteiger partial charge in [0.15, 0.2) is 0 Å². The molecule has 0 unspecified atom stereocenters. The standard InChI is InChI=1S/C13H19Cl2NO4S/c1-19-7-5-16(6-8-20-2)21(17,18)12-4-3-11(10-14)13(15)9-12/h3-4,9H,5-8,10H2,1-2H3. The third kappa shape index (κ3) is 5.09. The highest BCUT2D eigenvalue weighted by Gasteiger charge is 2.24. The molecule has 0 aliphatic carbocycles. The Morgan fingerprint density at radius 2 is 1.71 bits per heavy atom. The predicted octanol–water partition coefficient (Wildman–Crippen LogP) is 2.36. The largest absolute Gasteiger partial charge is 0.383 e. The third-order valence-corrected chi connectivity index (χ3v) is 5.43. The van der Waals surface area contributed by atoms with Crippen molar-refractivity contribution in [3.05, 3.63) is 28.8 Å². The maximum atomic E-state index is 12.6. The van der Waals surface area contributed by atoms with Gasteiger partial charge in [-0.2, -0.15) is 4.31 Å². The lowest BCUT2D eigenvalue weighted by atomic mass is 10.2. The molecule has 0 N–H and O–H groups in total. The van der Waals surface area contributed by atoms with E-state index >= 15 is 0 Å². The van der Waals surface area contributed by atoms with Gasteiger partial charge in [0.2, 0.25) is 10.0 Å². The summed E-state index contributed by atoms with van der Waals surface area (Å²) in [5.41, 5.74) is 0.692. The second-order valence-corrected chi connectivity index (χ2v) is 6.89. The fourth-order valence-corrected chi connectivity index (χ4v) is 3.73. The molecule has 0 atom stereocenters. The van der Waals surface area contributed by atoms with Crippen LogP contribution in [0.25, 0.3) is 0 Å². The van der Waals surface area contributed by atoms with E-state index in [1.54, 1.807) is 6.07 Å². The van der Waals surface area contributed by atoms with Crippen LogP contribution in [0.2, 0.25) is 5.02 Å². The number of alkyl halides is 1. The first-order valence-corrected chi connectivity index (χ1v) is 8.65. The molecule has 8 heteroatoms. The van der Waals surface area contributed by atoms with E-state index in [1.807, 2.05) is 0 Å². The van der Waals surface area contributed by atoms with Gasteiger partial charge in [-0.3, -0.25) is 0 Å². The molecule has 0 saturated carbocycles. The maximum Gasteiger partial charge on any atom is 0.243 e. The lowest BCUT2D eigenvalue weighted by Crippen LogP contribution is -2.36. The van der Waals surface area contributed by atoms with Gasteiger partial charge in [-0.15, -0.1) is 11.6 Å². The molecule has 1 rings (SSSR count). The summed E-state index contributed by atoms with van der Waals surface area (Å²) in [5, 5.41) is 0.338. The van der Waals surface area contributed by atoms with Crippen molar-refractivity contribution in [1.29, 1.82) is 0 Å². The van der Waals surface area contributed by atoms with Crippen molar-refractivity contribution >= 4 is 33.2 Å². The number of nitrogens with zero attached hydrogens (tertiary/aromatic N) is 1. The minimum atomic E-state index is -3.65. The van der Waals surface area contributed by atoms with Crippen LogP contribution in [0.1, 0.15) is 5.56 Å². The molecular formula is C13H19Cl2NO4S. The molecule has 0 aliphatic rings. The van der Waals surface area contributed by atoms with Crippen LogP contribution < -0.4 is 0 Å². The van der Waals surface area contributed by atoms with E-state index in [2.05, 4.69) is 0 Å². The van der Waals surface area contributed by atoms with Crippen LogP contribution in [0.4, 0.5) is 0 Å². The predicted molar refractivity (Wildman–Crippen MR) is 83.5 cm³/mol. The highest BCUT2D eigenvalue weighted by molar-refractivity contribution is 7.89. The SMILES string of the molecule is COCCN(CCOC)S(=O)(=O)c1ccc(CCl)c(Cl)c1. The number of sulfonamides is 1. The van der Waals surface area contributed by atoms with Crippen molar-refractivity contribution in [2.24, 2.45) is 0 Å². The Labute approximate surface area is 135 Å². The van der Waals surface area contributed by atoms with Gasteiger partial charge in [0.25, 0.3) is 0 Å². The Kier molecular flexibility index (Phi) is 7.94. The fourth-order valence-electron chi connectivity index (χ4n) is 1.68. The van der Waals surface area contributed by atoms with Crippen LogP contribution in [0, 0.1) is 0 Å². The second kappa shape index (κ2) is 8.92. The van der Waals surface area contributed by atoms with Crippen LogP contribution in [0.3, 0.4) is 0 Å². The minimum Gasteiger partial charge on any atom is -0.383 e. The van der Waals surface area contributed by atoms with E-state index < -0.39 is 10.0 Å². The zero-order valence-corrected chi connectivity index (χ0v) is 14.3. The molecule has 1 aromatic rings. The Morgan fingerprint density at radius 3 is 2.14 bits per heavy atom. The summed E-state index contributed by atoms with van der Waals surface area (Å²) < 4.78 is 36.5. The number of rotatable bonds is 9. The summed E-state index contributed by atoms with van der Waals surface area (Å²) in [4.78, 5) is 0.133. The molecule has 0 saturated heterocycles. The second-order valence-electron chi connectivity index (χ2n) is 4.28. The topological polar surface area (TPSA) is 55.8 Å². The average molecular weight is 356 g/mol. The lowest BCUT2D eigenvalue weighted by Gasteiger charge is -2.21. The molecule has 0 spiro atoms. The van der Waals surface area contributed by atoms with Crippen LogP contribution in [-0.2, 0) is 25.4 Å². The van der Waals surface area contributed by atoms with E-state index in [0.717, 1.165) is 0 Å². The molecular weight excluding hydrogens is 337 g/mol. The highest BCUT2D eigenvalue weighted by Crippen LogP contribution is 2.24. The van der Waals surface area contributed by atoms with Gasteiger partial charge < -0.3 is 9.47 Å². The average Bonchev–Trinajstić information content (AvgIpc) is 2.47. The van der Waals surface area contributed by atoms with E-state index in [4.69, 9.17) is 32.7 Å². The van der Waals surface area contributed by atoms with E-state index in [0.29, 0.717) is 23.8 Å². The third-order valence-electron chi connectivity index (χ3n) is 2.90. The Balaban J connectivity index is 3.06. The Morgan fingerprint density at radius 1 is 1.14 bits per heavy atom. The van der Waals surface area contributed by atoms with E-state index in [-0.39, 0.29) is 23.9 Å². The summed E-state index contributed by atoms with van der Waals surface area (Å²) in [6.07, 6.45) is 0. The molecule has 21 heavy (non-hydrogen) atoms. The van der Waals surface area contributed by atoms with Gasteiger partial charge in [-0.05, 0) is 17.7 Å². The van der Waals surface area contributed by atoms with Gasteiger partial charge in [-0.25, -0.2) is 8.42 Å². The molecule has 1 aromatic carbocycles. The number of hydrogen-bond acceptors (Lipinski definition) is 4. The monoisotopic (exact) mass is 355 g/mol. The van der Waals surface area contributed by atoms with Crippen molar-refractivity contribution in [2.45, 2.75) is 10.8 Å². The number of halogens is 2. The van der Waals surface area contributed by atoms with Crippen molar-refractivity contribution in [3.63, 3.8) is 0 Å². The molecule has 0 bridgehead atoms. The summed E-state index contributed by atoms with van der Waals surface area (Å²) >= 11 is 11.8.